The molecule has 2 rings (SSSR count). The number of pyridine rings is 1. The fraction of sp³-hybridized carbons (Fsp3) is 0.643. The maximum absolute atomic E-state index is 5.88. The Morgan fingerprint density at radius 2 is 2.24 bits per heavy atom. The Balaban J connectivity index is 1.95. The molecule has 3 nitrogen and oxygen atoms in total. The van der Waals surface area contributed by atoms with Crippen LogP contribution in [0.1, 0.15) is 45.6 Å². The molecular weight excluding hydrogens is 212 g/mol. The Bertz CT molecular complexity index is 372. The summed E-state index contributed by atoms with van der Waals surface area (Å²) in [4.78, 5) is 4.27. The van der Waals surface area contributed by atoms with Crippen LogP contribution in [-0.2, 0) is 6.54 Å². The second-order valence-corrected chi connectivity index (χ2v) is 5.37. The fourth-order valence-electron chi connectivity index (χ4n) is 1.52. The van der Waals surface area contributed by atoms with E-state index >= 15 is 0 Å². The zero-order valence-electron chi connectivity index (χ0n) is 11.0. The van der Waals surface area contributed by atoms with Crippen LogP contribution in [0.2, 0.25) is 0 Å². The van der Waals surface area contributed by atoms with Crippen LogP contribution in [0.3, 0.4) is 0 Å². The van der Waals surface area contributed by atoms with Crippen molar-refractivity contribution in [1.29, 1.82) is 0 Å². The van der Waals surface area contributed by atoms with Gasteiger partial charge in [-0.25, -0.2) is 4.98 Å². The normalized spacial score (nSPS) is 15.9. The van der Waals surface area contributed by atoms with Gasteiger partial charge in [-0.05, 0) is 44.7 Å². The average molecular weight is 234 g/mol. The molecule has 1 aromatic heterocycles. The number of nitrogens with zero attached hydrogens (tertiary/aromatic N) is 1. The largest absolute Gasteiger partial charge is 0.472 e. The van der Waals surface area contributed by atoms with E-state index in [2.05, 4.69) is 31.1 Å². The molecule has 0 spiro atoms. The summed E-state index contributed by atoms with van der Waals surface area (Å²) in [7, 11) is 0. The summed E-state index contributed by atoms with van der Waals surface area (Å²) < 4.78 is 5.88. The van der Waals surface area contributed by atoms with Crippen molar-refractivity contribution in [2.75, 3.05) is 0 Å². The summed E-state index contributed by atoms with van der Waals surface area (Å²) in [5.41, 5.74) is 1.10. The zero-order chi connectivity index (χ0) is 12.3. The standard InChI is InChI=1S/C14H22N2O/c1-4-14(2,3)17-13-9-11(7-8-15-13)10-16-12-5-6-12/h7-9,12,16H,4-6,10H2,1-3H3. The van der Waals surface area contributed by atoms with E-state index in [9.17, 15) is 0 Å². The van der Waals surface area contributed by atoms with E-state index in [1.165, 1.54) is 18.4 Å². The van der Waals surface area contributed by atoms with Crippen molar-refractivity contribution < 1.29 is 4.74 Å². The molecule has 94 valence electrons. The Labute approximate surface area is 104 Å². The van der Waals surface area contributed by atoms with Crippen molar-refractivity contribution in [2.24, 2.45) is 0 Å². The Morgan fingerprint density at radius 1 is 1.47 bits per heavy atom. The summed E-state index contributed by atoms with van der Waals surface area (Å²) in [5.74, 6) is 0.729. The minimum Gasteiger partial charge on any atom is -0.472 e. The quantitative estimate of drug-likeness (QED) is 0.821. The van der Waals surface area contributed by atoms with Crippen molar-refractivity contribution in [1.82, 2.24) is 10.3 Å². The summed E-state index contributed by atoms with van der Waals surface area (Å²) in [6.07, 6.45) is 5.43. The van der Waals surface area contributed by atoms with Gasteiger partial charge in [-0.2, -0.15) is 0 Å². The molecule has 1 heterocycles. The molecule has 0 aliphatic heterocycles. The molecule has 1 aliphatic carbocycles. The van der Waals surface area contributed by atoms with E-state index in [1.54, 1.807) is 0 Å². The number of aromatic nitrogens is 1. The molecule has 0 atom stereocenters. The maximum Gasteiger partial charge on any atom is 0.214 e. The van der Waals surface area contributed by atoms with Crippen LogP contribution in [0.5, 0.6) is 5.88 Å². The molecule has 0 unspecified atom stereocenters. The Kier molecular flexibility index (Phi) is 3.67. The molecule has 1 aromatic rings. The molecule has 1 aliphatic rings. The first-order valence-corrected chi connectivity index (χ1v) is 6.46. The number of nitrogens with one attached hydrogen (secondary N) is 1. The van der Waals surface area contributed by atoms with Crippen molar-refractivity contribution in [3.05, 3.63) is 23.9 Å². The van der Waals surface area contributed by atoms with Gasteiger partial charge in [-0.3, -0.25) is 0 Å². The van der Waals surface area contributed by atoms with E-state index in [-0.39, 0.29) is 5.60 Å². The van der Waals surface area contributed by atoms with E-state index < -0.39 is 0 Å². The second-order valence-electron chi connectivity index (χ2n) is 5.37. The lowest BCUT2D eigenvalue weighted by atomic mass is 10.1. The summed E-state index contributed by atoms with van der Waals surface area (Å²) in [6, 6.07) is 4.81. The third kappa shape index (κ3) is 4.00. The van der Waals surface area contributed by atoms with Gasteiger partial charge in [0.2, 0.25) is 5.88 Å². The molecular formula is C14H22N2O. The molecule has 0 radical (unpaired) electrons. The second kappa shape index (κ2) is 5.05. The van der Waals surface area contributed by atoms with Crippen LogP contribution < -0.4 is 10.1 Å². The highest BCUT2D eigenvalue weighted by atomic mass is 16.5. The zero-order valence-corrected chi connectivity index (χ0v) is 11.0. The summed E-state index contributed by atoms with van der Waals surface area (Å²) in [6.45, 7) is 7.21. The van der Waals surface area contributed by atoms with E-state index in [4.69, 9.17) is 4.74 Å². The number of hydrogen-bond donors (Lipinski definition) is 1. The average Bonchev–Trinajstić information content (AvgIpc) is 3.10. The van der Waals surface area contributed by atoms with Gasteiger partial charge in [0.1, 0.15) is 5.60 Å². The monoisotopic (exact) mass is 234 g/mol. The first-order chi connectivity index (χ1) is 8.09. The van der Waals surface area contributed by atoms with Gasteiger partial charge in [-0.1, -0.05) is 6.92 Å². The third-order valence-corrected chi connectivity index (χ3v) is 3.20. The molecule has 1 fully saturated rings. The van der Waals surface area contributed by atoms with Crippen LogP contribution in [-0.4, -0.2) is 16.6 Å². The minimum atomic E-state index is -0.143. The van der Waals surface area contributed by atoms with Crippen molar-refractivity contribution in [3.8, 4) is 5.88 Å². The molecule has 0 aromatic carbocycles. The molecule has 1 saturated carbocycles. The number of rotatable bonds is 6. The van der Waals surface area contributed by atoms with Crippen LogP contribution >= 0.6 is 0 Å². The van der Waals surface area contributed by atoms with Crippen molar-refractivity contribution in [2.45, 2.75) is 58.2 Å². The highest BCUT2D eigenvalue weighted by Gasteiger charge is 2.20. The lowest BCUT2D eigenvalue weighted by Crippen LogP contribution is -2.27. The van der Waals surface area contributed by atoms with Gasteiger partial charge >= 0.3 is 0 Å². The van der Waals surface area contributed by atoms with Gasteiger partial charge in [0.25, 0.3) is 0 Å². The topological polar surface area (TPSA) is 34.1 Å². The summed E-state index contributed by atoms with van der Waals surface area (Å²) in [5, 5.41) is 3.49. The lowest BCUT2D eigenvalue weighted by molar-refractivity contribution is 0.0989. The van der Waals surface area contributed by atoms with E-state index in [0.29, 0.717) is 0 Å². The molecule has 0 saturated heterocycles. The molecule has 0 amide bonds. The van der Waals surface area contributed by atoms with E-state index in [0.717, 1.165) is 24.9 Å². The Hall–Kier alpha value is -1.09. The first-order valence-electron chi connectivity index (χ1n) is 6.46. The lowest BCUT2D eigenvalue weighted by Gasteiger charge is -2.24. The molecule has 1 N–H and O–H groups in total. The SMILES string of the molecule is CCC(C)(C)Oc1cc(CNC2CC2)ccn1. The smallest absolute Gasteiger partial charge is 0.214 e. The van der Waals surface area contributed by atoms with Gasteiger partial charge in [0, 0.05) is 24.8 Å². The van der Waals surface area contributed by atoms with Gasteiger partial charge in [0.05, 0.1) is 0 Å². The Morgan fingerprint density at radius 3 is 2.88 bits per heavy atom. The van der Waals surface area contributed by atoms with Crippen LogP contribution in [0, 0.1) is 0 Å². The van der Waals surface area contributed by atoms with Crippen LogP contribution in [0.4, 0.5) is 0 Å². The first kappa shape index (κ1) is 12.4. The van der Waals surface area contributed by atoms with Crippen LogP contribution in [0.15, 0.2) is 18.3 Å². The highest BCUT2D eigenvalue weighted by molar-refractivity contribution is 5.21. The van der Waals surface area contributed by atoms with Crippen molar-refractivity contribution in [3.63, 3.8) is 0 Å². The van der Waals surface area contributed by atoms with Gasteiger partial charge in [0.15, 0.2) is 0 Å². The van der Waals surface area contributed by atoms with Crippen molar-refractivity contribution >= 4 is 0 Å². The predicted octanol–water partition coefficient (Wildman–Crippen LogP) is 2.90. The predicted molar refractivity (Wildman–Crippen MR) is 69.1 cm³/mol. The molecule has 17 heavy (non-hydrogen) atoms. The number of ether oxygens (including phenoxy) is 1. The van der Waals surface area contributed by atoms with E-state index in [1.807, 2.05) is 18.3 Å². The number of hydrogen-bond acceptors (Lipinski definition) is 3. The van der Waals surface area contributed by atoms with Crippen LogP contribution in [0.25, 0.3) is 0 Å². The molecule has 0 bridgehead atoms. The maximum atomic E-state index is 5.88. The van der Waals surface area contributed by atoms with Gasteiger partial charge in [-0.15, -0.1) is 0 Å². The third-order valence-electron chi connectivity index (χ3n) is 3.20. The summed E-state index contributed by atoms with van der Waals surface area (Å²) >= 11 is 0. The van der Waals surface area contributed by atoms with Gasteiger partial charge < -0.3 is 10.1 Å². The highest BCUT2D eigenvalue weighted by Crippen LogP contribution is 2.21. The fourth-order valence-corrected chi connectivity index (χ4v) is 1.52. The minimum absolute atomic E-state index is 0.143. The molecule has 3 heteroatoms.